The maximum absolute atomic E-state index is 12.3. The summed E-state index contributed by atoms with van der Waals surface area (Å²) in [4.78, 5) is 12.3. The summed E-state index contributed by atoms with van der Waals surface area (Å²) in [7, 11) is 0. The highest BCUT2D eigenvalue weighted by atomic mass is 35.5. The van der Waals surface area contributed by atoms with E-state index in [0.717, 1.165) is 5.56 Å². The molecule has 3 rings (SSSR count). The Balaban J connectivity index is 1.79. The van der Waals surface area contributed by atoms with Crippen LogP contribution in [0.15, 0.2) is 42.5 Å². The van der Waals surface area contributed by atoms with Crippen LogP contribution in [0, 0.1) is 0 Å². The van der Waals surface area contributed by atoms with Gasteiger partial charge in [-0.05, 0) is 35.9 Å². The van der Waals surface area contributed by atoms with E-state index in [0.29, 0.717) is 16.6 Å². The van der Waals surface area contributed by atoms with Gasteiger partial charge in [0, 0.05) is 10.0 Å². The van der Waals surface area contributed by atoms with Crippen molar-refractivity contribution in [3.8, 4) is 5.75 Å². The van der Waals surface area contributed by atoms with E-state index in [1.165, 1.54) is 22.9 Å². The number of aromatic nitrogens is 3. The minimum atomic E-state index is -0.607. The Hall–Kier alpha value is -2.28. The van der Waals surface area contributed by atoms with Gasteiger partial charge < -0.3 is 10.4 Å². The SMILES string of the molecule is O=C(Nc1cc(Cl)ccc1O)c1nnn(Cc2ccc(Cl)cc2)c1Cl. The molecule has 0 spiro atoms. The summed E-state index contributed by atoms with van der Waals surface area (Å²) in [6.45, 7) is 0.332. The Bertz CT molecular complexity index is 926. The fraction of sp³-hybridized carbons (Fsp3) is 0.0625. The molecule has 1 aromatic heterocycles. The van der Waals surface area contributed by atoms with Gasteiger partial charge in [0.1, 0.15) is 5.75 Å². The molecule has 0 aliphatic carbocycles. The maximum Gasteiger partial charge on any atom is 0.279 e. The Morgan fingerprint density at radius 2 is 1.76 bits per heavy atom. The topological polar surface area (TPSA) is 80.0 Å². The number of benzene rings is 2. The number of nitrogens with one attached hydrogen (secondary N) is 1. The first kappa shape index (κ1) is 17.5. The van der Waals surface area contributed by atoms with Crippen molar-refractivity contribution in [3.63, 3.8) is 0 Å². The molecule has 128 valence electrons. The van der Waals surface area contributed by atoms with Crippen molar-refractivity contribution in [2.75, 3.05) is 5.32 Å². The smallest absolute Gasteiger partial charge is 0.279 e. The molecule has 0 saturated carbocycles. The molecule has 0 fully saturated rings. The van der Waals surface area contributed by atoms with E-state index in [1.807, 2.05) is 12.1 Å². The van der Waals surface area contributed by atoms with E-state index < -0.39 is 5.91 Å². The lowest BCUT2D eigenvalue weighted by molar-refractivity contribution is 0.102. The van der Waals surface area contributed by atoms with Crippen molar-refractivity contribution in [1.29, 1.82) is 0 Å². The van der Waals surface area contributed by atoms with Gasteiger partial charge in [-0.2, -0.15) is 0 Å². The van der Waals surface area contributed by atoms with E-state index in [4.69, 9.17) is 34.8 Å². The van der Waals surface area contributed by atoms with Crippen LogP contribution in [0.25, 0.3) is 0 Å². The van der Waals surface area contributed by atoms with Crippen LogP contribution >= 0.6 is 34.8 Å². The predicted molar refractivity (Wildman–Crippen MR) is 96.7 cm³/mol. The van der Waals surface area contributed by atoms with Gasteiger partial charge in [0.15, 0.2) is 10.8 Å². The molecule has 0 saturated heterocycles. The van der Waals surface area contributed by atoms with Crippen LogP contribution < -0.4 is 5.32 Å². The molecule has 1 heterocycles. The van der Waals surface area contributed by atoms with Crippen molar-refractivity contribution in [2.24, 2.45) is 0 Å². The molecule has 1 amide bonds. The highest BCUT2D eigenvalue weighted by Crippen LogP contribution is 2.27. The molecule has 0 atom stereocenters. The number of carbonyl (C=O) groups is 1. The second-order valence-electron chi connectivity index (χ2n) is 5.13. The van der Waals surface area contributed by atoms with Crippen LogP contribution in [0.3, 0.4) is 0 Å². The van der Waals surface area contributed by atoms with Gasteiger partial charge in [-0.3, -0.25) is 4.79 Å². The average Bonchev–Trinajstić information content (AvgIpc) is 2.94. The van der Waals surface area contributed by atoms with E-state index in [2.05, 4.69) is 15.6 Å². The summed E-state index contributed by atoms with van der Waals surface area (Å²) in [5, 5.41) is 21.0. The number of amides is 1. The monoisotopic (exact) mass is 396 g/mol. The molecular weight excluding hydrogens is 387 g/mol. The zero-order valence-corrected chi connectivity index (χ0v) is 14.8. The summed E-state index contributed by atoms with van der Waals surface area (Å²) >= 11 is 17.9. The highest BCUT2D eigenvalue weighted by molar-refractivity contribution is 6.33. The zero-order chi connectivity index (χ0) is 18.0. The van der Waals surface area contributed by atoms with Crippen molar-refractivity contribution in [2.45, 2.75) is 6.54 Å². The molecule has 6 nitrogen and oxygen atoms in total. The van der Waals surface area contributed by atoms with E-state index >= 15 is 0 Å². The van der Waals surface area contributed by atoms with Gasteiger partial charge >= 0.3 is 0 Å². The normalized spacial score (nSPS) is 10.7. The number of rotatable bonds is 4. The largest absolute Gasteiger partial charge is 0.506 e. The summed E-state index contributed by atoms with van der Waals surface area (Å²) in [5.41, 5.74) is 0.992. The molecule has 0 aliphatic rings. The first-order valence-electron chi connectivity index (χ1n) is 7.07. The lowest BCUT2D eigenvalue weighted by atomic mass is 10.2. The molecule has 0 unspecified atom stereocenters. The second-order valence-corrected chi connectivity index (χ2v) is 6.36. The van der Waals surface area contributed by atoms with Crippen LogP contribution in [0.2, 0.25) is 15.2 Å². The molecule has 25 heavy (non-hydrogen) atoms. The van der Waals surface area contributed by atoms with Crippen molar-refractivity contribution >= 4 is 46.4 Å². The first-order valence-corrected chi connectivity index (χ1v) is 8.20. The van der Waals surface area contributed by atoms with Gasteiger partial charge in [-0.1, -0.05) is 52.1 Å². The maximum atomic E-state index is 12.3. The van der Waals surface area contributed by atoms with Crippen LogP contribution in [-0.2, 0) is 6.54 Å². The molecule has 3 aromatic rings. The number of hydrogen-bond donors (Lipinski definition) is 2. The predicted octanol–water partition coefficient (Wildman–Crippen LogP) is 4.24. The number of phenols is 1. The molecule has 0 radical (unpaired) electrons. The molecule has 2 aromatic carbocycles. The van der Waals surface area contributed by atoms with Gasteiger partial charge in [-0.15, -0.1) is 5.10 Å². The fourth-order valence-electron chi connectivity index (χ4n) is 2.09. The van der Waals surface area contributed by atoms with Crippen LogP contribution in [-0.4, -0.2) is 26.0 Å². The second kappa shape index (κ2) is 7.31. The minimum Gasteiger partial charge on any atom is -0.506 e. The molecule has 9 heteroatoms. The third-order valence-electron chi connectivity index (χ3n) is 3.34. The third kappa shape index (κ3) is 4.04. The number of phenolic OH excluding ortho intramolecular Hbond substituents is 1. The molecule has 2 N–H and O–H groups in total. The van der Waals surface area contributed by atoms with Gasteiger partial charge in [-0.25, -0.2) is 4.68 Å². The Morgan fingerprint density at radius 3 is 2.48 bits per heavy atom. The van der Waals surface area contributed by atoms with E-state index in [-0.39, 0.29) is 22.3 Å². The molecule has 0 bridgehead atoms. The van der Waals surface area contributed by atoms with Crippen molar-refractivity contribution in [3.05, 3.63) is 68.9 Å². The highest BCUT2D eigenvalue weighted by Gasteiger charge is 2.19. The quantitative estimate of drug-likeness (QED) is 0.645. The zero-order valence-electron chi connectivity index (χ0n) is 12.6. The van der Waals surface area contributed by atoms with Crippen LogP contribution in [0.4, 0.5) is 5.69 Å². The van der Waals surface area contributed by atoms with Crippen LogP contribution in [0.1, 0.15) is 16.1 Å². The number of hydrogen-bond acceptors (Lipinski definition) is 4. The summed E-state index contributed by atoms with van der Waals surface area (Å²) < 4.78 is 1.39. The summed E-state index contributed by atoms with van der Waals surface area (Å²) in [6.07, 6.45) is 0. The van der Waals surface area contributed by atoms with Crippen molar-refractivity contribution in [1.82, 2.24) is 15.0 Å². The van der Waals surface area contributed by atoms with E-state index in [1.54, 1.807) is 12.1 Å². The standard InChI is InChI=1S/C16H11Cl3N4O2/c17-10-3-1-9(2-4-10)8-23-15(19)14(21-22-23)16(25)20-12-7-11(18)5-6-13(12)24/h1-7,24H,8H2,(H,20,25). The number of anilines is 1. The fourth-order valence-corrected chi connectivity index (χ4v) is 2.61. The van der Waals surface area contributed by atoms with Gasteiger partial charge in [0.2, 0.25) is 0 Å². The first-order chi connectivity index (χ1) is 11.9. The van der Waals surface area contributed by atoms with Crippen LogP contribution in [0.5, 0.6) is 5.75 Å². The number of nitrogens with zero attached hydrogens (tertiary/aromatic N) is 3. The lowest BCUT2D eigenvalue weighted by Gasteiger charge is -2.06. The van der Waals surface area contributed by atoms with E-state index in [9.17, 15) is 9.90 Å². The number of halogens is 3. The Morgan fingerprint density at radius 1 is 1.08 bits per heavy atom. The average molecular weight is 398 g/mol. The molecule has 0 aliphatic heterocycles. The lowest BCUT2D eigenvalue weighted by Crippen LogP contribution is -2.13. The third-order valence-corrected chi connectivity index (χ3v) is 4.20. The number of aromatic hydroxyl groups is 1. The Labute approximate surface area is 157 Å². The summed E-state index contributed by atoms with van der Waals surface area (Å²) in [6, 6.07) is 11.4. The molecular formula is C16H11Cl3N4O2. The summed E-state index contributed by atoms with van der Waals surface area (Å²) in [5.74, 6) is -0.729. The Kier molecular flexibility index (Phi) is 5.13. The van der Waals surface area contributed by atoms with Gasteiger partial charge in [0.05, 0.1) is 12.2 Å². The van der Waals surface area contributed by atoms with Gasteiger partial charge in [0.25, 0.3) is 5.91 Å². The van der Waals surface area contributed by atoms with Crippen molar-refractivity contribution < 1.29 is 9.90 Å². The minimum absolute atomic E-state index is 0.0602. The number of carbonyl (C=O) groups excluding carboxylic acids is 1.